The highest BCUT2D eigenvalue weighted by Crippen LogP contribution is 2.44. The zero-order chi connectivity index (χ0) is 33.4. The fourth-order valence-electron chi connectivity index (χ4n) is 7.43. The quantitative estimate of drug-likeness (QED) is 0.197. The van der Waals surface area contributed by atoms with Crippen LogP contribution in [0.5, 0.6) is 0 Å². The molecule has 0 aliphatic heterocycles. The second-order valence-electron chi connectivity index (χ2n) is 15.2. The Balaban J connectivity index is 1.54. The molecule has 4 aromatic carbocycles. The molecule has 47 heavy (non-hydrogen) atoms. The Labute approximate surface area is 278 Å². The molecule has 0 spiro atoms. The lowest BCUT2D eigenvalue weighted by atomic mass is 9.79. The summed E-state index contributed by atoms with van der Waals surface area (Å²) in [6.45, 7) is 20.5. The molecular weight excluding hydrogens is 574 g/mol. The Morgan fingerprint density at radius 2 is 1.34 bits per heavy atom. The van der Waals surface area contributed by atoms with Crippen LogP contribution in [0.3, 0.4) is 0 Å². The van der Waals surface area contributed by atoms with Crippen molar-refractivity contribution in [1.82, 2.24) is 23.9 Å². The van der Waals surface area contributed by atoms with Crippen molar-refractivity contribution >= 4 is 21.8 Å². The Morgan fingerprint density at radius 1 is 0.638 bits per heavy atom. The number of aryl methyl sites for hydroxylation is 4. The monoisotopic (exact) mass is 619 g/mol. The van der Waals surface area contributed by atoms with Gasteiger partial charge in [0.25, 0.3) is 0 Å². The van der Waals surface area contributed by atoms with Crippen LogP contribution in [0, 0.1) is 20.8 Å². The van der Waals surface area contributed by atoms with E-state index in [1.54, 1.807) is 0 Å². The summed E-state index contributed by atoms with van der Waals surface area (Å²) >= 11 is 0. The van der Waals surface area contributed by atoms with Crippen LogP contribution < -0.4 is 0 Å². The molecule has 238 valence electrons. The number of nitrogens with zero attached hydrogens (tertiary/aromatic N) is 5. The van der Waals surface area contributed by atoms with Crippen molar-refractivity contribution in [1.29, 1.82) is 0 Å². The van der Waals surface area contributed by atoms with Gasteiger partial charge in [0.15, 0.2) is 0 Å². The van der Waals surface area contributed by atoms with Crippen molar-refractivity contribution in [3.63, 3.8) is 0 Å². The molecule has 3 heterocycles. The molecular formula is C42H45N5. The molecule has 7 aromatic rings. The predicted octanol–water partition coefficient (Wildman–Crippen LogP) is 10.6. The molecule has 0 radical (unpaired) electrons. The highest BCUT2D eigenvalue weighted by molar-refractivity contribution is 6.09. The van der Waals surface area contributed by atoms with Crippen molar-refractivity contribution in [2.45, 2.75) is 73.1 Å². The van der Waals surface area contributed by atoms with E-state index in [-0.39, 0.29) is 10.8 Å². The van der Waals surface area contributed by atoms with Crippen molar-refractivity contribution in [3.05, 3.63) is 119 Å². The van der Waals surface area contributed by atoms with Gasteiger partial charge in [0, 0.05) is 57.9 Å². The average molecular weight is 620 g/mol. The van der Waals surface area contributed by atoms with E-state index in [2.05, 4.69) is 160 Å². The van der Waals surface area contributed by atoms with Gasteiger partial charge in [-0.25, -0.2) is 9.67 Å². The van der Waals surface area contributed by atoms with Crippen LogP contribution in [0.4, 0.5) is 0 Å². The number of hydrogen-bond donors (Lipinski definition) is 0. The van der Waals surface area contributed by atoms with E-state index in [9.17, 15) is 0 Å². The molecule has 0 bridgehead atoms. The molecule has 0 unspecified atom stereocenters. The van der Waals surface area contributed by atoms with Gasteiger partial charge >= 0.3 is 0 Å². The van der Waals surface area contributed by atoms with E-state index in [4.69, 9.17) is 5.10 Å². The van der Waals surface area contributed by atoms with Crippen LogP contribution in [-0.2, 0) is 17.9 Å². The first-order valence-electron chi connectivity index (χ1n) is 16.6. The number of rotatable bonds is 4. The summed E-state index contributed by atoms with van der Waals surface area (Å²) in [5.74, 6) is 0.948. The van der Waals surface area contributed by atoms with E-state index >= 15 is 0 Å². The summed E-state index contributed by atoms with van der Waals surface area (Å²) < 4.78 is 6.69. The van der Waals surface area contributed by atoms with Gasteiger partial charge in [0.05, 0.1) is 28.1 Å². The third-order valence-electron chi connectivity index (χ3n) is 9.32. The molecule has 3 aromatic heterocycles. The summed E-state index contributed by atoms with van der Waals surface area (Å²) in [5.41, 5.74) is 14.0. The fourth-order valence-corrected chi connectivity index (χ4v) is 7.43. The minimum Gasteiger partial charge on any atom is -0.334 e. The third kappa shape index (κ3) is 5.09. The molecule has 0 fully saturated rings. The van der Waals surface area contributed by atoms with Crippen LogP contribution >= 0.6 is 0 Å². The van der Waals surface area contributed by atoms with Crippen LogP contribution in [-0.4, -0.2) is 23.9 Å². The maximum Gasteiger partial charge on any atom is 0.139 e. The SMILES string of the molecule is Cc1cc(C)c(-c2c(C(C)(C)C)nn(-c3ccc4c5ccccc5n(-c5cccc(-c6nccn6C)c5)c4c3)c2C(C)(C)C)c(C)c1. The smallest absolute Gasteiger partial charge is 0.139 e. The molecule has 0 amide bonds. The fraction of sp³-hybridized carbons (Fsp3) is 0.286. The number of imidazole rings is 1. The van der Waals surface area contributed by atoms with Gasteiger partial charge in [0.2, 0.25) is 0 Å². The van der Waals surface area contributed by atoms with Crippen molar-refractivity contribution in [3.8, 4) is 33.9 Å². The number of hydrogen-bond acceptors (Lipinski definition) is 2. The van der Waals surface area contributed by atoms with Crippen molar-refractivity contribution in [2.24, 2.45) is 7.05 Å². The topological polar surface area (TPSA) is 40.6 Å². The van der Waals surface area contributed by atoms with Crippen molar-refractivity contribution < 1.29 is 0 Å². The summed E-state index contributed by atoms with van der Waals surface area (Å²) in [5, 5.41) is 7.97. The maximum atomic E-state index is 5.52. The summed E-state index contributed by atoms with van der Waals surface area (Å²) in [7, 11) is 2.04. The zero-order valence-corrected chi connectivity index (χ0v) is 29.4. The van der Waals surface area contributed by atoms with E-state index in [1.165, 1.54) is 49.8 Å². The molecule has 5 heteroatoms. The summed E-state index contributed by atoms with van der Waals surface area (Å²) in [6, 6.07) is 28.9. The second kappa shape index (κ2) is 10.8. The molecule has 0 saturated carbocycles. The summed E-state index contributed by atoms with van der Waals surface area (Å²) in [6.07, 6.45) is 3.84. The Morgan fingerprint density at radius 3 is 2.00 bits per heavy atom. The van der Waals surface area contributed by atoms with Crippen LogP contribution in [0.1, 0.15) is 69.6 Å². The number of fused-ring (bicyclic) bond motifs is 3. The maximum absolute atomic E-state index is 5.52. The number of para-hydroxylation sites is 1. The standard InChI is InChI=1S/C42H45N5/c1-26-22-27(2)36(28(3)23-26)37-38(41(4,5)6)44-47(39(37)42(7,8)9)31-18-19-33-32-16-11-12-17-34(32)46(35(33)25-31)30-15-13-14-29(24-30)40-43-20-21-45(40)10/h11-25H,1-10H3. The van der Waals surface area contributed by atoms with Gasteiger partial charge in [0.1, 0.15) is 5.82 Å². The van der Waals surface area contributed by atoms with Gasteiger partial charge in [-0.05, 0) is 67.8 Å². The first-order valence-corrected chi connectivity index (χ1v) is 16.6. The lowest BCUT2D eigenvalue weighted by Gasteiger charge is -2.26. The van der Waals surface area contributed by atoms with Gasteiger partial charge < -0.3 is 9.13 Å². The third-order valence-corrected chi connectivity index (χ3v) is 9.32. The second-order valence-corrected chi connectivity index (χ2v) is 15.2. The molecule has 0 aliphatic carbocycles. The Kier molecular flexibility index (Phi) is 7.09. The van der Waals surface area contributed by atoms with E-state index in [0.29, 0.717) is 0 Å². The normalized spacial score (nSPS) is 12.5. The van der Waals surface area contributed by atoms with Crippen LogP contribution in [0.15, 0.2) is 91.3 Å². The summed E-state index contributed by atoms with van der Waals surface area (Å²) in [4.78, 5) is 4.63. The highest BCUT2D eigenvalue weighted by atomic mass is 15.3. The molecule has 0 saturated heterocycles. The average Bonchev–Trinajstić information content (AvgIpc) is 3.70. The van der Waals surface area contributed by atoms with Gasteiger partial charge in [-0.15, -0.1) is 0 Å². The predicted molar refractivity (Wildman–Crippen MR) is 197 cm³/mol. The molecule has 7 rings (SSSR count). The van der Waals surface area contributed by atoms with Gasteiger partial charge in [-0.2, -0.15) is 5.10 Å². The van der Waals surface area contributed by atoms with Gasteiger partial charge in [-0.3, -0.25) is 0 Å². The first-order chi connectivity index (χ1) is 22.2. The lowest BCUT2D eigenvalue weighted by Crippen LogP contribution is -2.19. The van der Waals surface area contributed by atoms with Gasteiger partial charge in [-0.1, -0.05) is 95.6 Å². The van der Waals surface area contributed by atoms with E-state index in [1.807, 2.05) is 19.4 Å². The molecule has 0 aliphatic rings. The lowest BCUT2D eigenvalue weighted by molar-refractivity contribution is 0.537. The molecule has 5 nitrogen and oxygen atoms in total. The van der Waals surface area contributed by atoms with Crippen LogP contribution in [0.2, 0.25) is 0 Å². The minimum atomic E-state index is -0.173. The highest BCUT2D eigenvalue weighted by Gasteiger charge is 2.34. The van der Waals surface area contributed by atoms with Crippen molar-refractivity contribution in [2.75, 3.05) is 0 Å². The zero-order valence-electron chi connectivity index (χ0n) is 29.4. The Bertz CT molecular complexity index is 2290. The largest absolute Gasteiger partial charge is 0.334 e. The van der Waals surface area contributed by atoms with Crippen LogP contribution in [0.25, 0.3) is 55.7 Å². The minimum absolute atomic E-state index is 0.158. The number of benzene rings is 4. The van der Waals surface area contributed by atoms with E-state index in [0.717, 1.165) is 34.0 Å². The molecule has 0 atom stereocenters. The molecule has 0 N–H and O–H groups in total. The Hall–Kier alpha value is -4.90. The number of aromatic nitrogens is 5. The first kappa shape index (κ1) is 30.7. The van der Waals surface area contributed by atoms with E-state index < -0.39 is 0 Å².